The van der Waals surface area contributed by atoms with Crippen molar-refractivity contribution in [3.8, 4) is 0 Å². The number of carbonyl (C=O) groups is 1. The summed E-state index contributed by atoms with van der Waals surface area (Å²) < 4.78 is 0.872. The fourth-order valence-corrected chi connectivity index (χ4v) is 3.22. The van der Waals surface area contributed by atoms with Crippen LogP contribution in [0.5, 0.6) is 0 Å². The third-order valence-electron chi connectivity index (χ3n) is 2.93. The summed E-state index contributed by atoms with van der Waals surface area (Å²) in [5.41, 5.74) is 7.00. The lowest BCUT2D eigenvalue weighted by Gasteiger charge is -2.10. The van der Waals surface area contributed by atoms with Gasteiger partial charge in [-0.2, -0.15) is 0 Å². The van der Waals surface area contributed by atoms with Gasteiger partial charge in [0, 0.05) is 21.3 Å². The Bertz CT molecular complexity index is 641. The molecule has 0 radical (unpaired) electrons. The highest BCUT2D eigenvalue weighted by Gasteiger charge is 2.09. The van der Waals surface area contributed by atoms with Crippen LogP contribution in [0.2, 0.25) is 0 Å². The second-order valence-electron chi connectivity index (χ2n) is 4.54. The molecular formula is C15H15BrN2OS2. The fourth-order valence-electron chi connectivity index (χ4n) is 1.93. The van der Waals surface area contributed by atoms with E-state index in [-0.39, 0.29) is 10.9 Å². The maximum atomic E-state index is 12.0. The first-order valence-corrected chi connectivity index (χ1v) is 8.56. The number of amides is 1. The van der Waals surface area contributed by atoms with Gasteiger partial charge in [-0.25, -0.2) is 0 Å². The van der Waals surface area contributed by atoms with Gasteiger partial charge in [0.05, 0.1) is 5.69 Å². The van der Waals surface area contributed by atoms with Gasteiger partial charge in [-0.1, -0.05) is 34.2 Å². The first kappa shape index (κ1) is 16.1. The van der Waals surface area contributed by atoms with Crippen LogP contribution in [0, 0.1) is 0 Å². The number of rotatable bonds is 6. The average Bonchev–Trinajstić information content (AvgIpc) is 2.91. The number of thiocarbonyl (C=S) groups is 1. The van der Waals surface area contributed by atoms with Crippen molar-refractivity contribution in [1.82, 2.24) is 0 Å². The Morgan fingerprint density at radius 1 is 1.38 bits per heavy atom. The van der Waals surface area contributed by atoms with Crippen LogP contribution in [-0.2, 0) is 11.2 Å². The summed E-state index contributed by atoms with van der Waals surface area (Å²) in [6.45, 7) is 0. The number of hydrogen-bond donors (Lipinski definition) is 2. The molecule has 2 rings (SSSR count). The summed E-state index contributed by atoms with van der Waals surface area (Å²) in [6.07, 6.45) is 2.22. The van der Waals surface area contributed by atoms with Crippen LogP contribution in [0.4, 0.5) is 5.69 Å². The smallest absolute Gasteiger partial charge is 0.224 e. The molecule has 0 unspecified atom stereocenters. The number of thiophene rings is 1. The average molecular weight is 383 g/mol. The minimum Gasteiger partial charge on any atom is -0.389 e. The van der Waals surface area contributed by atoms with Crippen LogP contribution in [0.1, 0.15) is 23.3 Å². The topological polar surface area (TPSA) is 55.1 Å². The van der Waals surface area contributed by atoms with Crippen LogP contribution >= 0.6 is 39.5 Å². The van der Waals surface area contributed by atoms with E-state index in [0.29, 0.717) is 17.7 Å². The Balaban J connectivity index is 1.93. The van der Waals surface area contributed by atoms with Crippen molar-refractivity contribution in [2.24, 2.45) is 5.73 Å². The van der Waals surface area contributed by atoms with Crippen molar-refractivity contribution < 1.29 is 4.79 Å². The molecule has 2 aromatic rings. The molecule has 1 aromatic heterocycles. The lowest BCUT2D eigenvalue weighted by molar-refractivity contribution is -0.116. The zero-order chi connectivity index (χ0) is 15.2. The highest BCUT2D eigenvalue weighted by Crippen LogP contribution is 2.22. The van der Waals surface area contributed by atoms with Crippen molar-refractivity contribution >= 4 is 56.1 Å². The quantitative estimate of drug-likeness (QED) is 0.739. The highest BCUT2D eigenvalue weighted by molar-refractivity contribution is 9.10. The van der Waals surface area contributed by atoms with E-state index in [0.717, 1.165) is 17.3 Å². The van der Waals surface area contributed by atoms with Crippen LogP contribution < -0.4 is 11.1 Å². The molecule has 0 spiro atoms. The maximum Gasteiger partial charge on any atom is 0.224 e. The first-order valence-electron chi connectivity index (χ1n) is 6.48. The molecule has 0 atom stereocenters. The predicted octanol–water partition coefficient (Wildman–Crippen LogP) is 4.11. The molecule has 0 bridgehead atoms. The standard InChI is InChI=1S/C15H15BrN2OS2/c16-10-6-7-12(15(17)20)13(9-10)18-14(19)5-1-3-11-4-2-8-21-11/h2,4,6-9H,1,3,5H2,(H2,17,20)(H,18,19). The number of nitrogens with two attached hydrogens (primary N) is 1. The van der Waals surface area contributed by atoms with E-state index in [1.165, 1.54) is 4.88 Å². The molecule has 0 aliphatic carbocycles. The molecule has 0 fully saturated rings. The minimum atomic E-state index is -0.0258. The van der Waals surface area contributed by atoms with Crippen molar-refractivity contribution in [3.05, 3.63) is 50.6 Å². The van der Waals surface area contributed by atoms with Crippen LogP contribution in [0.3, 0.4) is 0 Å². The molecule has 110 valence electrons. The van der Waals surface area contributed by atoms with E-state index in [4.69, 9.17) is 18.0 Å². The molecule has 1 aromatic carbocycles. The summed E-state index contributed by atoms with van der Waals surface area (Å²) in [5, 5.41) is 4.93. The number of nitrogens with one attached hydrogen (secondary N) is 1. The lowest BCUT2D eigenvalue weighted by Crippen LogP contribution is -2.17. The molecule has 6 heteroatoms. The Morgan fingerprint density at radius 2 is 2.19 bits per heavy atom. The molecular weight excluding hydrogens is 368 g/mol. The zero-order valence-corrected chi connectivity index (χ0v) is 14.5. The minimum absolute atomic E-state index is 0.0258. The SMILES string of the molecule is NC(=S)c1ccc(Br)cc1NC(=O)CCCc1cccs1. The molecule has 1 amide bonds. The van der Waals surface area contributed by atoms with Gasteiger partial charge in [0.1, 0.15) is 4.99 Å². The Kier molecular flexibility index (Phi) is 5.90. The van der Waals surface area contributed by atoms with Crippen molar-refractivity contribution in [3.63, 3.8) is 0 Å². The number of halogens is 1. The van der Waals surface area contributed by atoms with Crippen molar-refractivity contribution in [2.75, 3.05) is 5.32 Å². The molecule has 1 heterocycles. The van der Waals surface area contributed by atoms with E-state index in [1.54, 1.807) is 17.4 Å². The molecule has 0 saturated heterocycles. The summed E-state index contributed by atoms with van der Waals surface area (Å²) in [4.78, 5) is 13.6. The number of aryl methyl sites for hydroxylation is 1. The predicted molar refractivity (Wildman–Crippen MR) is 95.9 cm³/mol. The molecule has 3 nitrogen and oxygen atoms in total. The van der Waals surface area contributed by atoms with Crippen LogP contribution in [-0.4, -0.2) is 10.9 Å². The van der Waals surface area contributed by atoms with Gasteiger partial charge in [-0.15, -0.1) is 11.3 Å². The van der Waals surface area contributed by atoms with Crippen molar-refractivity contribution in [2.45, 2.75) is 19.3 Å². The first-order chi connectivity index (χ1) is 10.1. The number of benzene rings is 1. The van der Waals surface area contributed by atoms with Gasteiger partial charge in [0.15, 0.2) is 0 Å². The van der Waals surface area contributed by atoms with E-state index in [1.807, 2.05) is 23.6 Å². The monoisotopic (exact) mass is 382 g/mol. The Morgan fingerprint density at radius 3 is 2.86 bits per heavy atom. The molecule has 21 heavy (non-hydrogen) atoms. The van der Waals surface area contributed by atoms with Gasteiger partial charge >= 0.3 is 0 Å². The molecule has 0 aliphatic heterocycles. The lowest BCUT2D eigenvalue weighted by atomic mass is 10.1. The van der Waals surface area contributed by atoms with Crippen LogP contribution in [0.15, 0.2) is 40.2 Å². The molecule has 0 aliphatic rings. The summed E-state index contributed by atoms with van der Waals surface area (Å²) >= 11 is 10.1. The fraction of sp³-hybridized carbons (Fsp3) is 0.200. The third-order valence-corrected chi connectivity index (χ3v) is 4.58. The van der Waals surface area contributed by atoms with Gasteiger partial charge < -0.3 is 11.1 Å². The number of anilines is 1. The molecule has 3 N–H and O–H groups in total. The van der Waals surface area contributed by atoms with Gasteiger partial charge in [-0.05, 0) is 42.5 Å². The summed E-state index contributed by atoms with van der Waals surface area (Å²) in [7, 11) is 0. The van der Waals surface area contributed by atoms with Gasteiger partial charge in [-0.3, -0.25) is 4.79 Å². The van der Waals surface area contributed by atoms with E-state index in [2.05, 4.69) is 27.3 Å². The van der Waals surface area contributed by atoms with E-state index in [9.17, 15) is 4.79 Å². The van der Waals surface area contributed by atoms with Gasteiger partial charge in [0.25, 0.3) is 0 Å². The highest BCUT2D eigenvalue weighted by atomic mass is 79.9. The number of carbonyl (C=O) groups excluding carboxylic acids is 1. The second kappa shape index (κ2) is 7.68. The third kappa shape index (κ3) is 4.91. The van der Waals surface area contributed by atoms with Crippen molar-refractivity contribution in [1.29, 1.82) is 0 Å². The number of hydrogen-bond acceptors (Lipinski definition) is 3. The van der Waals surface area contributed by atoms with E-state index >= 15 is 0 Å². The Labute approximate surface area is 141 Å². The molecule has 0 saturated carbocycles. The second-order valence-corrected chi connectivity index (χ2v) is 6.92. The van der Waals surface area contributed by atoms with Gasteiger partial charge in [0.2, 0.25) is 5.91 Å². The maximum absolute atomic E-state index is 12.0. The van der Waals surface area contributed by atoms with E-state index < -0.39 is 0 Å². The summed E-state index contributed by atoms with van der Waals surface area (Å²) in [6, 6.07) is 9.57. The Hall–Kier alpha value is -1.24. The van der Waals surface area contributed by atoms with Crippen LogP contribution in [0.25, 0.3) is 0 Å². The largest absolute Gasteiger partial charge is 0.389 e. The normalized spacial score (nSPS) is 10.3. The zero-order valence-electron chi connectivity index (χ0n) is 11.3. The summed E-state index contributed by atoms with van der Waals surface area (Å²) in [5.74, 6) is -0.0258.